The van der Waals surface area contributed by atoms with Gasteiger partial charge in [0.25, 0.3) is 0 Å². The number of thiazole rings is 2. The summed E-state index contributed by atoms with van der Waals surface area (Å²) in [5, 5.41) is 11.0. The summed E-state index contributed by atoms with van der Waals surface area (Å²) < 4.78 is 38.0. The van der Waals surface area contributed by atoms with Gasteiger partial charge in [0.15, 0.2) is 0 Å². The van der Waals surface area contributed by atoms with Crippen LogP contribution in [0.25, 0.3) is 10.7 Å². The Labute approximate surface area is 239 Å². The molecule has 0 saturated carbocycles. The van der Waals surface area contributed by atoms with Gasteiger partial charge in [-0.15, -0.1) is 22.7 Å². The average Bonchev–Trinajstić information content (AvgIpc) is 3.58. The Morgan fingerprint density at radius 1 is 0.950 bits per heavy atom. The lowest BCUT2D eigenvalue weighted by Crippen LogP contribution is -2.49. The predicted octanol–water partition coefficient (Wildman–Crippen LogP) is 4.16. The first-order valence-corrected chi connectivity index (χ1v) is 15.2. The Hall–Kier alpha value is -3.85. The van der Waals surface area contributed by atoms with E-state index < -0.39 is 34.4 Å². The maximum absolute atomic E-state index is 13.5. The van der Waals surface area contributed by atoms with Crippen LogP contribution in [0.5, 0.6) is 0 Å². The number of amides is 2. The number of ether oxygens (including phenoxy) is 1. The van der Waals surface area contributed by atoms with E-state index >= 15 is 0 Å². The summed E-state index contributed by atoms with van der Waals surface area (Å²) >= 11 is 2.92. The number of hydrogen-bond donors (Lipinski definition) is 4. The molecule has 0 radical (unpaired) electrons. The third-order valence-corrected chi connectivity index (χ3v) is 7.90. The van der Waals surface area contributed by atoms with E-state index in [1.54, 1.807) is 12.1 Å². The summed E-state index contributed by atoms with van der Waals surface area (Å²) in [4.78, 5) is 34.8. The van der Waals surface area contributed by atoms with Crippen molar-refractivity contribution < 1.29 is 27.3 Å². The lowest BCUT2D eigenvalue weighted by atomic mass is 10.0. The minimum atomic E-state index is -4.41. The quantitative estimate of drug-likeness (QED) is 0.187. The number of alkyl carbamates (subject to hydrolysis) is 1. The van der Waals surface area contributed by atoms with Crippen LogP contribution in [0, 0.1) is 6.92 Å². The van der Waals surface area contributed by atoms with Crippen LogP contribution in [0.3, 0.4) is 0 Å². The first kappa shape index (κ1) is 29.1. The van der Waals surface area contributed by atoms with Crippen LogP contribution < -0.4 is 15.4 Å². The summed E-state index contributed by atoms with van der Waals surface area (Å²) in [6, 6.07) is 14.1. The summed E-state index contributed by atoms with van der Waals surface area (Å²) in [6.07, 6.45) is -0.178. The average molecular weight is 602 g/mol. The first-order valence-electron chi connectivity index (χ1n) is 12.0. The number of carbonyl (C=O) groups excluding carboxylic acids is 2. The number of nitrogens with zero attached hydrogens (tertiary/aromatic N) is 2. The Kier molecular flexibility index (Phi) is 9.47. The molecule has 2 atom stereocenters. The molecule has 2 amide bonds. The van der Waals surface area contributed by atoms with E-state index in [0.29, 0.717) is 17.1 Å². The van der Waals surface area contributed by atoms with E-state index in [-0.39, 0.29) is 12.1 Å². The van der Waals surface area contributed by atoms with Crippen LogP contribution in [0.4, 0.5) is 10.5 Å². The second kappa shape index (κ2) is 13.0. The van der Waals surface area contributed by atoms with Gasteiger partial charge in [0.2, 0.25) is 5.91 Å². The number of nitrogens with one attached hydrogen (secondary N) is 3. The van der Waals surface area contributed by atoms with Crippen LogP contribution in [0.1, 0.15) is 27.9 Å². The Morgan fingerprint density at radius 3 is 2.27 bits per heavy atom. The molecular formula is C26H27N5O6S3. The number of aryl methyl sites for hydroxylation is 1. The summed E-state index contributed by atoms with van der Waals surface area (Å²) in [6.45, 7) is 1.91. The third-order valence-electron chi connectivity index (χ3n) is 5.75. The van der Waals surface area contributed by atoms with Gasteiger partial charge < -0.3 is 15.4 Å². The highest BCUT2D eigenvalue weighted by Gasteiger charge is 2.26. The van der Waals surface area contributed by atoms with Crippen LogP contribution >= 0.6 is 22.7 Å². The van der Waals surface area contributed by atoms with Gasteiger partial charge in [0.1, 0.15) is 16.7 Å². The standard InChI is InChI=1S/C26H27N5O6S3/c1-16-27-23(15-38-16)25-29-22(14-39-25)20(12-18-8-10-19(11-9-18)31-40(34,35)36)28-24(32)21(30-26(33)37-2)13-17-6-4-3-5-7-17/h3-11,14-15,20-21,31H,12-13H2,1-2H3,(H,28,32)(H,30,33)(H,34,35,36). The molecular weight excluding hydrogens is 575 g/mol. The zero-order valence-electron chi connectivity index (χ0n) is 21.5. The van der Waals surface area contributed by atoms with Crippen LogP contribution in [-0.4, -0.2) is 48.1 Å². The Balaban J connectivity index is 1.60. The number of benzene rings is 2. The summed E-state index contributed by atoms with van der Waals surface area (Å²) in [5.41, 5.74) is 3.17. The molecule has 210 valence electrons. The summed E-state index contributed by atoms with van der Waals surface area (Å²) in [7, 11) is -3.18. The van der Waals surface area contributed by atoms with Crippen molar-refractivity contribution in [3.05, 3.63) is 87.2 Å². The van der Waals surface area contributed by atoms with Crippen LogP contribution in [0.2, 0.25) is 0 Å². The lowest BCUT2D eigenvalue weighted by Gasteiger charge is -2.23. The number of rotatable bonds is 11. The fourth-order valence-corrected chi connectivity index (χ4v) is 5.82. The Bertz CT molecular complexity index is 1550. The van der Waals surface area contributed by atoms with Crippen molar-refractivity contribution in [3.8, 4) is 10.7 Å². The molecule has 0 bridgehead atoms. The highest BCUT2D eigenvalue weighted by atomic mass is 32.2. The van der Waals surface area contributed by atoms with Gasteiger partial charge in [-0.3, -0.25) is 14.1 Å². The molecule has 40 heavy (non-hydrogen) atoms. The molecule has 0 aliphatic heterocycles. The molecule has 4 rings (SSSR count). The van der Waals surface area contributed by atoms with E-state index in [1.807, 2.05) is 52.7 Å². The number of methoxy groups -OCH3 is 1. The molecule has 4 aromatic rings. The molecule has 2 unspecified atom stereocenters. The lowest BCUT2D eigenvalue weighted by molar-refractivity contribution is -0.123. The monoisotopic (exact) mass is 601 g/mol. The normalized spacial score (nSPS) is 12.8. The van der Waals surface area contributed by atoms with E-state index in [4.69, 9.17) is 14.3 Å². The second-order valence-corrected chi connectivity index (χ2v) is 11.8. The zero-order chi connectivity index (χ0) is 28.7. The first-order chi connectivity index (χ1) is 19.1. The van der Waals surface area contributed by atoms with Crippen molar-refractivity contribution in [2.24, 2.45) is 0 Å². The minimum Gasteiger partial charge on any atom is -0.453 e. The SMILES string of the molecule is COC(=O)NC(Cc1ccccc1)C(=O)NC(Cc1ccc(NS(=O)(=O)O)cc1)c1csc(-c2csc(C)n2)n1. The largest absolute Gasteiger partial charge is 0.453 e. The fraction of sp³-hybridized carbons (Fsp3) is 0.231. The van der Waals surface area contributed by atoms with Crippen molar-refractivity contribution in [2.75, 3.05) is 11.8 Å². The molecule has 0 fully saturated rings. The van der Waals surface area contributed by atoms with E-state index in [9.17, 15) is 18.0 Å². The molecule has 2 aromatic heterocycles. The molecule has 4 N–H and O–H groups in total. The second-order valence-electron chi connectivity index (χ2n) is 8.75. The van der Waals surface area contributed by atoms with Gasteiger partial charge in [-0.05, 0) is 36.6 Å². The Morgan fingerprint density at radius 2 is 1.65 bits per heavy atom. The maximum atomic E-state index is 13.5. The van der Waals surface area contributed by atoms with Crippen molar-refractivity contribution in [1.29, 1.82) is 0 Å². The number of anilines is 1. The van der Waals surface area contributed by atoms with Gasteiger partial charge in [0.05, 0.1) is 29.5 Å². The fourth-order valence-electron chi connectivity index (χ4n) is 3.88. The topological polar surface area (TPSA) is 160 Å². The summed E-state index contributed by atoms with van der Waals surface area (Å²) in [5.74, 6) is -0.428. The maximum Gasteiger partial charge on any atom is 0.407 e. The highest BCUT2D eigenvalue weighted by molar-refractivity contribution is 7.87. The van der Waals surface area contributed by atoms with E-state index in [2.05, 4.69) is 15.6 Å². The zero-order valence-corrected chi connectivity index (χ0v) is 24.0. The van der Waals surface area contributed by atoms with Gasteiger partial charge >= 0.3 is 16.4 Å². The molecule has 11 nitrogen and oxygen atoms in total. The highest BCUT2D eigenvalue weighted by Crippen LogP contribution is 2.29. The van der Waals surface area contributed by atoms with E-state index in [1.165, 1.54) is 41.9 Å². The minimum absolute atomic E-state index is 0.187. The molecule has 0 saturated heterocycles. The molecule has 0 aliphatic rings. The van der Waals surface area contributed by atoms with Gasteiger partial charge in [-0.2, -0.15) is 8.42 Å². The number of hydrogen-bond acceptors (Lipinski definition) is 9. The van der Waals surface area contributed by atoms with E-state index in [0.717, 1.165) is 21.8 Å². The number of aromatic nitrogens is 2. The van der Waals surface area contributed by atoms with Crippen molar-refractivity contribution >= 4 is 50.7 Å². The molecule has 2 aromatic carbocycles. The van der Waals surface area contributed by atoms with Crippen LogP contribution in [-0.2, 0) is 32.7 Å². The van der Waals surface area contributed by atoms with Crippen LogP contribution in [0.15, 0.2) is 65.4 Å². The molecule has 0 spiro atoms. The molecule has 2 heterocycles. The number of carbonyl (C=O) groups is 2. The predicted molar refractivity (Wildman–Crippen MR) is 154 cm³/mol. The van der Waals surface area contributed by atoms with Gasteiger partial charge in [-0.1, -0.05) is 42.5 Å². The van der Waals surface area contributed by atoms with Crippen molar-refractivity contribution in [3.63, 3.8) is 0 Å². The van der Waals surface area contributed by atoms with Gasteiger partial charge in [-0.25, -0.2) is 14.8 Å². The third kappa shape index (κ3) is 8.32. The van der Waals surface area contributed by atoms with Crippen molar-refractivity contribution in [2.45, 2.75) is 31.8 Å². The molecule has 0 aliphatic carbocycles. The smallest absolute Gasteiger partial charge is 0.407 e. The van der Waals surface area contributed by atoms with Gasteiger partial charge in [0, 0.05) is 17.2 Å². The molecule has 14 heteroatoms. The van der Waals surface area contributed by atoms with Crippen molar-refractivity contribution in [1.82, 2.24) is 20.6 Å².